The van der Waals surface area contributed by atoms with Crippen LogP contribution in [0.5, 0.6) is 0 Å². The predicted octanol–water partition coefficient (Wildman–Crippen LogP) is 4.44. The second kappa shape index (κ2) is 6.98. The number of carbonyl (C=O) groups is 3. The number of hydrogen-bond acceptors (Lipinski definition) is 4. The zero-order chi connectivity index (χ0) is 20.5. The van der Waals surface area contributed by atoms with Crippen LogP contribution in [-0.2, 0) is 14.4 Å². The van der Waals surface area contributed by atoms with Crippen molar-refractivity contribution in [2.75, 3.05) is 0 Å². The Hall–Kier alpha value is -0.0700. The maximum atomic E-state index is 13.5. The van der Waals surface area contributed by atoms with Gasteiger partial charge in [-0.2, -0.15) is 0 Å². The van der Waals surface area contributed by atoms with Crippen LogP contribution >= 0.6 is 31.9 Å². The molecule has 1 N–H and O–H groups in total. The van der Waals surface area contributed by atoms with Crippen LogP contribution < -0.4 is 0 Å². The number of hydrogen-bond donors (Lipinski definition) is 1. The third-order valence-corrected chi connectivity index (χ3v) is 10.3. The van der Waals surface area contributed by atoms with Crippen molar-refractivity contribution in [3.8, 4) is 0 Å². The van der Waals surface area contributed by atoms with Crippen molar-refractivity contribution >= 4 is 49.7 Å². The number of aldehydes is 1. The van der Waals surface area contributed by atoms with Gasteiger partial charge in [-0.1, -0.05) is 45.7 Å². The molecule has 4 aliphatic carbocycles. The molecular weight excluding hydrogens is 488 g/mol. The molecule has 4 aliphatic rings. The monoisotopic (exact) mass is 516 g/mol. The molecule has 8 atom stereocenters. The number of Topliss-reactive ketones (excluding diaryl/α,β-unsaturated/α-hetero) is 2. The molecule has 156 valence electrons. The van der Waals surface area contributed by atoms with Crippen LogP contribution in [-0.4, -0.2) is 32.3 Å². The Balaban J connectivity index is 1.65. The zero-order valence-corrected chi connectivity index (χ0v) is 19.8. The first-order valence-electron chi connectivity index (χ1n) is 10.6. The minimum atomic E-state index is -1.34. The van der Waals surface area contributed by atoms with E-state index in [-0.39, 0.29) is 34.6 Å². The molecule has 0 aromatic rings. The van der Waals surface area contributed by atoms with E-state index in [2.05, 4.69) is 45.7 Å². The van der Waals surface area contributed by atoms with Gasteiger partial charge in [0.25, 0.3) is 0 Å². The molecular formula is C22H30Br2O4. The minimum Gasteiger partial charge on any atom is -0.393 e. The van der Waals surface area contributed by atoms with E-state index in [1.54, 1.807) is 0 Å². The molecule has 4 nitrogen and oxygen atoms in total. The fourth-order valence-corrected chi connectivity index (χ4v) is 8.32. The van der Waals surface area contributed by atoms with Crippen LogP contribution in [0.15, 0.2) is 0 Å². The summed E-state index contributed by atoms with van der Waals surface area (Å²) >= 11 is 6.46. The second-order valence-corrected chi connectivity index (χ2v) is 13.9. The van der Waals surface area contributed by atoms with Crippen LogP contribution in [0.3, 0.4) is 0 Å². The lowest BCUT2D eigenvalue weighted by molar-refractivity contribution is -0.162. The summed E-state index contributed by atoms with van der Waals surface area (Å²) in [4.78, 5) is 38.0. The fraction of sp³-hybridized carbons (Fsp3) is 0.864. The van der Waals surface area contributed by atoms with E-state index in [1.807, 2.05) is 0 Å². The summed E-state index contributed by atoms with van der Waals surface area (Å²) < 4.78 is -1.34. The Kier molecular flexibility index (Phi) is 5.28. The maximum Gasteiger partial charge on any atom is 0.193 e. The first-order valence-corrected chi connectivity index (χ1v) is 12.2. The number of aliphatic hydroxyl groups excluding tert-OH is 1. The Bertz CT molecular complexity index is 707. The summed E-state index contributed by atoms with van der Waals surface area (Å²) in [5, 5.41) is 10.2. The Morgan fingerprint density at radius 3 is 2.54 bits per heavy atom. The molecule has 0 radical (unpaired) electrons. The molecule has 0 aliphatic heterocycles. The Morgan fingerprint density at radius 1 is 1.14 bits per heavy atom. The van der Waals surface area contributed by atoms with E-state index < -0.39 is 3.23 Å². The smallest absolute Gasteiger partial charge is 0.193 e. The normalized spacial score (nSPS) is 48.4. The third-order valence-electron chi connectivity index (χ3n) is 9.11. The molecule has 6 heteroatoms. The van der Waals surface area contributed by atoms with Crippen molar-refractivity contribution in [2.45, 2.75) is 74.6 Å². The van der Waals surface area contributed by atoms with Gasteiger partial charge in [-0.25, -0.2) is 0 Å². The molecule has 1 unspecified atom stereocenters. The van der Waals surface area contributed by atoms with Crippen LogP contribution in [0.1, 0.15) is 65.2 Å². The van der Waals surface area contributed by atoms with Gasteiger partial charge in [-0.15, -0.1) is 0 Å². The molecule has 4 rings (SSSR count). The van der Waals surface area contributed by atoms with Crippen molar-refractivity contribution in [3.63, 3.8) is 0 Å². The highest BCUT2D eigenvalue weighted by Crippen LogP contribution is 2.67. The number of halogens is 2. The number of alkyl halides is 2. The van der Waals surface area contributed by atoms with E-state index >= 15 is 0 Å². The average molecular weight is 518 g/mol. The lowest BCUT2D eigenvalue weighted by Gasteiger charge is -2.59. The molecule has 0 bridgehead atoms. The van der Waals surface area contributed by atoms with E-state index in [0.717, 1.165) is 44.9 Å². The first-order chi connectivity index (χ1) is 13.0. The highest BCUT2D eigenvalue weighted by molar-refractivity contribution is 9.26. The van der Waals surface area contributed by atoms with Gasteiger partial charge in [0.1, 0.15) is 5.78 Å². The molecule has 0 aromatic heterocycles. The topological polar surface area (TPSA) is 71.4 Å². The lowest BCUT2D eigenvalue weighted by Crippen LogP contribution is -2.58. The van der Waals surface area contributed by atoms with Gasteiger partial charge >= 0.3 is 0 Å². The fourth-order valence-electron chi connectivity index (χ4n) is 7.77. The Labute approximate surface area is 183 Å². The van der Waals surface area contributed by atoms with Crippen molar-refractivity contribution in [1.29, 1.82) is 0 Å². The summed E-state index contributed by atoms with van der Waals surface area (Å²) in [6.45, 7) is 4.40. The number of ketones is 2. The van der Waals surface area contributed by atoms with E-state index in [1.165, 1.54) is 0 Å². The number of rotatable bonds is 3. The van der Waals surface area contributed by atoms with Gasteiger partial charge in [-0.3, -0.25) is 9.59 Å². The van der Waals surface area contributed by atoms with Crippen LogP contribution in [0.2, 0.25) is 0 Å². The summed E-state index contributed by atoms with van der Waals surface area (Å²) in [5.74, 6) is 1.08. The summed E-state index contributed by atoms with van der Waals surface area (Å²) in [6, 6.07) is 0. The molecule has 0 heterocycles. The molecule has 4 fully saturated rings. The highest BCUT2D eigenvalue weighted by atomic mass is 79.9. The molecule has 0 saturated heterocycles. The zero-order valence-electron chi connectivity index (χ0n) is 16.6. The van der Waals surface area contributed by atoms with Gasteiger partial charge in [0.2, 0.25) is 0 Å². The molecule has 0 aromatic carbocycles. The number of aliphatic hydroxyl groups is 1. The van der Waals surface area contributed by atoms with Gasteiger partial charge < -0.3 is 9.90 Å². The van der Waals surface area contributed by atoms with Crippen LogP contribution in [0.4, 0.5) is 0 Å². The van der Waals surface area contributed by atoms with Gasteiger partial charge in [0.05, 0.1) is 6.10 Å². The SMILES string of the molecule is C[C@]12CC(=O)[C@H]3[C@@H](CCC4C[C@H](O)CC[C@@]43C)[C@@H]1CC[C@@H]2C(=O)C(Br)(Br)C=O. The predicted molar refractivity (Wildman–Crippen MR) is 113 cm³/mol. The largest absolute Gasteiger partial charge is 0.393 e. The molecule has 0 spiro atoms. The third kappa shape index (κ3) is 2.95. The van der Waals surface area contributed by atoms with Crippen molar-refractivity contribution in [2.24, 2.45) is 40.4 Å². The molecule has 0 amide bonds. The van der Waals surface area contributed by atoms with Crippen molar-refractivity contribution in [3.05, 3.63) is 0 Å². The summed E-state index contributed by atoms with van der Waals surface area (Å²) in [7, 11) is 0. The van der Waals surface area contributed by atoms with Crippen LogP contribution in [0, 0.1) is 40.4 Å². The second-order valence-electron chi connectivity index (χ2n) is 10.3. The number of carbonyl (C=O) groups excluding carboxylic acids is 3. The average Bonchev–Trinajstić information content (AvgIpc) is 2.97. The number of fused-ring (bicyclic) bond motifs is 5. The lowest BCUT2D eigenvalue weighted by atomic mass is 9.44. The van der Waals surface area contributed by atoms with E-state index in [4.69, 9.17) is 0 Å². The summed E-state index contributed by atoms with van der Waals surface area (Å²) in [5.41, 5.74) is -0.372. The molecule has 4 saturated carbocycles. The van der Waals surface area contributed by atoms with Gasteiger partial charge in [-0.05, 0) is 73.5 Å². The van der Waals surface area contributed by atoms with Crippen molar-refractivity contribution < 1.29 is 19.5 Å². The first kappa shape index (κ1) is 21.2. The quantitative estimate of drug-likeness (QED) is 0.341. The van der Waals surface area contributed by atoms with Gasteiger partial charge in [0, 0.05) is 18.3 Å². The van der Waals surface area contributed by atoms with Crippen molar-refractivity contribution in [1.82, 2.24) is 0 Å². The van der Waals surface area contributed by atoms with Gasteiger partial charge in [0.15, 0.2) is 15.3 Å². The maximum absolute atomic E-state index is 13.5. The highest BCUT2D eigenvalue weighted by Gasteiger charge is 2.65. The molecule has 28 heavy (non-hydrogen) atoms. The van der Waals surface area contributed by atoms with Crippen LogP contribution in [0.25, 0.3) is 0 Å². The van der Waals surface area contributed by atoms with E-state index in [9.17, 15) is 19.5 Å². The van der Waals surface area contributed by atoms with E-state index in [0.29, 0.717) is 36.2 Å². The summed E-state index contributed by atoms with van der Waals surface area (Å²) in [6.07, 6.45) is 7.17. The Morgan fingerprint density at radius 2 is 1.86 bits per heavy atom. The minimum absolute atomic E-state index is 0.0138. The standard InChI is InChI=1S/C22H30Br2O4/c1-20-8-7-13(26)9-12(20)3-4-14-15-5-6-16(19(28)22(23,24)11-25)21(15,2)10-17(27)18(14)20/h11-16,18,26H,3-10H2,1-2H3/t12?,13-,14+,15+,16-,18-,20+,21+/m1/s1.